The average Bonchev–Trinajstić information content (AvgIpc) is 2.60. The number of primary amides is 1. The van der Waals surface area contributed by atoms with Crippen molar-refractivity contribution in [1.29, 1.82) is 0 Å². The zero-order valence-corrected chi connectivity index (χ0v) is 15.6. The number of methoxy groups -OCH3 is 1. The third kappa shape index (κ3) is 6.72. The smallest absolute Gasteiger partial charge is 0.255 e. The molecule has 0 radical (unpaired) electrons. The number of hydrogen-bond donors (Lipinski definition) is 2. The number of nitrogens with two attached hydrogens (primary N) is 1. The van der Waals surface area contributed by atoms with Crippen LogP contribution in [-0.2, 0) is 11.3 Å². The minimum Gasteiger partial charge on any atom is -0.493 e. The van der Waals surface area contributed by atoms with Crippen molar-refractivity contribution in [2.75, 3.05) is 39.9 Å². The van der Waals surface area contributed by atoms with Crippen molar-refractivity contribution < 1.29 is 14.3 Å². The Morgan fingerprint density at radius 3 is 2.76 bits per heavy atom. The van der Waals surface area contributed by atoms with E-state index in [1.807, 2.05) is 12.1 Å². The highest BCUT2D eigenvalue weighted by Gasteiger charge is 2.13. The van der Waals surface area contributed by atoms with Gasteiger partial charge in [-0.3, -0.25) is 4.79 Å². The fourth-order valence-electron chi connectivity index (χ4n) is 3.00. The molecule has 0 aliphatic carbocycles. The van der Waals surface area contributed by atoms with Crippen molar-refractivity contribution in [2.45, 2.75) is 32.2 Å². The highest BCUT2D eigenvalue weighted by Crippen LogP contribution is 2.36. The number of halogens is 1. The Balaban J connectivity index is 1.79. The normalized spacial score (nSPS) is 15.1. The molecule has 0 aromatic heterocycles. The van der Waals surface area contributed by atoms with Gasteiger partial charge in [0, 0.05) is 6.54 Å². The van der Waals surface area contributed by atoms with Crippen molar-refractivity contribution in [1.82, 2.24) is 10.2 Å². The lowest BCUT2D eigenvalue weighted by molar-refractivity contribution is -0.119. The molecule has 1 fully saturated rings. The van der Waals surface area contributed by atoms with Gasteiger partial charge in [0.1, 0.15) is 0 Å². The molecule has 1 amide bonds. The lowest BCUT2D eigenvalue weighted by Gasteiger charge is -2.26. The molecule has 1 saturated heterocycles. The van der Waals surface area contributed by atoms with Gasteiger partial charge in [0.05, 0.1) is 12.1 Å². The first kappa shape index (κ1) is 19.8. The maximum Gasteiger partial charge on any atom is 0.255 e. The minimum absolute atomic E-state index is 0.232. The van der Waals surface area contributed by atoms with Gasteiger partial charge in [-0.25, -0.2) is 0 Å². The Hall–Kier alpha value is -1.50. The van der Waals surface area contributed by atoms with Crippen molar-refractivity contribution in [3.63, 3.8) is 0 Å². The van der Waals surface area contributed by atoms with Gasteiger partial charge in [-0.15, -0.1) is 0 Å². The molecule has 0 saturated carbocycles. The highest BCUT2D eigenvalue weighted by atomic mass is 35.5. The molecule has 0 bridgehead atoms. The van der Waals surface area contributed by atoms with E-state index in [0.717, 1.165) is 25.1 Å². The zero-order valence-electron chi connectivity index (χ0n) is 14.9. The summed E-state index contributed by atoms with van der Waals surface area (Å²) in [6.07, 6.45) is 5.16. The second-order valence-corrected chi connectivity index (χ2v) is 6.70. The SMILES string of the molecule is COc1cc(CNCCCN2CCCCC2)cc(Cl)c1OCC(N)=O. The number of nitrogens with zero attached hydrogens (tertiary/aromatic N) is 1. The summed E-state index contributed by atoms with van der Waals surface area (Å²) in [5, 5.41) is 3.84. The maximum absolute atomic E-state index is 10.9. The number of benzene rings is 1. The molecule has 6 nitrogen and oxygen atoms in total. The summed E-state index contributed by atoms with van der Waals surface area (Å²) in [5.74, 6) is 0.285. The Bertz CT molecular complexity index is 563. The topological polar surface area (TPSA) is 76.8 Å². The van der Waals surface area contributed by atoms with E-state index < -0.39 is 5.91 Å². The molecule has 3 N–H and O–H groups in total. The molecule has 7 heteroatoms. The minimum atomic E-state index is -0.558. The van der Waals surface area contributed by atoms with E-state index in [4.69, 9.17) is 26.8 Å². The molecule has 1 aliphatic rings. The molecule has 1 aromatic rings. The van der Waals surface area contributed by atoms with Gasteiger partial charge >= 0.3 is 0 Å². The second-order valence-electron chi connectivity index (χ2n) is 6.30. The van der Waals surface area contributed by atoms with E-state index in [0.29, 0.717) is 23.1 Å². The lowest BCUT2D eigenvalue weighted by atomic mass is 10.1. The maximum atomic E-state index is 10.9. The Morgan fingerprint density at radius 1 is 1.32 bits per heavy atom. The Morgan fingerprint density at radius 2 is 2.08 bits per heavy atom. The van der Waals surface area contributed by atoms with E-state index in [9.17, 15) is 4.79 Å². The number of ether oxygens (including phenoxy) is 2. The molecule has 1 aliphatic heterocycles. The summed E-state index contributed by atoms with van der Waals surface area (Å²) < 4.78 is 10.6. The Labute approximate surface area is 154 Å². The highest BCUT2D eigenvalue weighted by molar-refractivity contribution is 6.32. The van der Waals surface area contributed by atoms with E-state index >= 15 is 0 Å². The summed E-state index contributed by atoms with van der Waals surface area (Å²) in [6, 6.07) is 3.68. The van der Waals surface area contributed by atoms with Gasteiger partial charge in [-0.1, -0.05) is 18.0 Å². The van der Waals surface area contributed by atoms with Crippen LogP contribution in [0, 0.1) is 0 Å². The number of amides is 1. The number of likely N-dealkylation sites (tertiary alicyclic amines) is 1. The standard InChI is InChI=1S/C18H28ClN3O3/c1-24-16-11-14(10-15(19)18(16)25-13-17(20)23)12-21-6-5-9-22-7-3-2-4-8-22/h10-11,21H,2-9,12-13H2,1H3,(H2,20,23). The third-order valence-electron chi connectivity index (χ3n) is 4.25. The van der Waals surface area contributed by atoms with Gasteiger partial charge in [0.15, 0.2) is 18.1 Å². The molecule has 1 heterocycles. The molecular formula is C18H28ClN3O3. The van der Waals surface area contributed by atoms with Crippen LogP contribution in [0.25, 0.3) is 0 Å². The molecule has 0 atom stereocenters. The van der Waals surface area contributed by atoms with Crippen LogP contribution < -0.4 is 20.5 Å². The molecular weight excluding hydrogens is 342 g/mol. The first-order valence-electron chi connectivity index (χ1n) is 8.80. The summed E-state index contributed by atoms with van der Waals surface area (Å²) in [5.41, 5.74) is 6.10. The molecule has 0 spiro atoms. The van der Waals surface area contributed by atoms with Crippen LogP contribution in [0.1, 0.15) is 31.2 Å². The van der Waals surface area contributed by atoms with Crippen molar-refractivity contribution in [2.24, 2.45) is 5.73 Å². The number of rotatable bonds is 10. The molecule has 2 rings (SSSR count). The number of piperidine rings is 1. The van der Waals surface area contributed by atoms with Crippen molar-refractivity contribution in [3.05, 3.63) is 22.7 Å². The fraction of sp³-hybridized carbons (Fsp3) is 0.611. The monoisotopic (exact) mass is 369 g/mol. The van der Waals surface area contributed by atoms with Gasteiger partial charge in [-0.2, -0.15) is 0 Å². The fourth-order valence-corrected chi connectivity index (χ4v) is 3.29. The van der Waals surface area contributed by atoms with Gasteiger partial charge in [-0.05, 0) is 63.1 Å². The van der Waals surface area contributed by atoms with Crippen LogP contribution in [0.15, 0.2) is 12.1 Å². The first-order chi connectivity index (χ1) is 12.1. The Kier molecular flexibility index (Phi) is 8.31. The molecule has 0 unspecified atom stereocenters. The summed E-state index contributed by atoms with van der Waals surface area (Å²) in [4.78, 5) is 13.4. The summed E-state index contributed by atoms with van der Waals surface area (Å²) in [7, 11) is 1.54. The van der Waals surface area contributed by atoms with Crippen LogP contribution in [0.4, 0.5) is 0 Å². The molecule has 25 heavy (non-hydrogen) atoms. The predicted molar refractivity (Wildman–Crippen MR) is 99.3 cm³/mol. The van der Waals surface area contributed by atoms with Crippen LogP contribution in [0.2, 0.25) is 5.02 Å². The van der Waals surface area contributed by atoms with Crippen LogP contribution in [0.3, 0.4) is 0 Å². The average molecular weight is 370 g/mol. The van der Waals surface area contributed by atoms with Crippen LogP contribution in [0.5, 0.6) is 11.5 Å². The van der Waals surface area contributed by atoms with E-state index in [1.165, 1.54) is 32.4 Å². The van der Waals surface area contributed by atoms with Gasteiger partial charge < -0.3 is 25.4 Å². The second kappa shape index (κ2) is 10.5. The molecule has 1 aromatic carbocycles. The number of hydrogen-bond acceptors (Lipinski definition) is 5. The zero-order chi connectivity index (χ0) is 18.1. The quantitative estimate of drug-likeness (QED) is 0.618. The largest absolute Gasteiger partial charge is 0.493 e. The van der Waals surface area contributed by atoms with E-state index in [-0.39, 0.29) is 6.61 Å². The number of carbonyl (C=O) groups is 1. The van der Waals surface area contributed by atoms with Gasteiger partial charge in [0.25, 0.3) is 5.91 Å². The van der Waals surface area contributed by atoms with Crippen LogP contribution >= 0.6 is 11.6 Å². The van der Waals surface area contributed by atoms with E-state index in [1.54, 1.807) is 7.11 Å². The van der Waals surface area contributed by atoms with E-state index in [2.05, 4.69) is 10.2 Å². The third-order valence-corrected chi connectivity index (χ3v) is 4.53. The number of carbonyl (C=O) groups excluding carboxylic acids is 1. The number of nitrogens with one attached hydrogen (secondary N) is 1. The van der Waals surface area contributed by atoms with Crippen LogP contribution in [-0.4, -0.2) is 50.7 Å². The van der Waals surface area contributed by atoms with Crippen molar-refractivity contribution in [3.8, 4) is 11.5 Å². The van der Waals surface area contributed by atoms with Crippen molar-refractivity contribution >= 4 is 17.5 Å². The predicted octanol–water partition coefficient (Wildman–Crippen LogP) is 2.18. The summed E-state index contributed by atoms with van der Waals surface area (Å²) >= 11 is 6.25. The van der Waals surface area contributed by atoms with Gasteiger partial charge in [0.2, 0.25) is 0 Å². The summed E-state index contributed by atoms with van der Waals surface area (Å²) in [6.45, 7) is 5.04. The molecule has 140 valence electrons. The lowest BCUT2D eigenvalue weighted by Crippen LogP contribution is -2.32. The first-order valence-corrected chi connectivity index (χ1v) is 9.18.